The second kappa shape index (κ2) is 19.2. The number of imidazole rings is 1. The van der Waals surface area contributed by atoms with Gasteiger partial charge in [-0.25, -0.2) is 4.79 Å². The normalized spacial score (nSPS) is 16.2. The van der Waals surface area contributed by atoms with Crippen molar-refractivity contribution in [2.75, 3.05) is 43.4 Å². The fourth-order valence-corrected chi connectivity index (χ4v) is 8.26. The zero-order valence-corrected chi connectivity index (χ0v) is 33.6. The van der Waals surface area contributed by atoms with Gasteiger partial charge in [0.1, 0.15) is 17.5 Å². The van der Waals surface area contributed by atoms with Gasteiger partial charge in [-0.05, 0) is 79.3 Å². The molecular formula is C45H56N8O5. The maximum absolute atomic E-state index is 13.0. The Morgan fingerprint density at radius 3 is 2.29 bits per heavy atom. The van der Waals surface area contributed by atoms with E-state index in [1.54, 1.807) is 23.7 Å². The van der Waals surface area contributed by atoms with Gasteiger partial charge in [0.05, 0.1) is 29.0 Å². The Kier molecular flexibility index (Phi) is 13.4. The number of unbranched alkanes of at least 4 members (excludes halogenated alkanes) is 8. The third-order valence-electron chi connectivity index (χ3n) is 11.6. The average molecular weight is 789 g/mol. The Labute approximate surface area is 339 Å². The molecule has 2 saturated heterocycles. The lowest BCUT2D eigenvalue weighted by Gasteiger charge is -2.36. The number of piperazine rings is 1. The highest BCUT2D eigenvalue weighted by Crippen LogP contribution is 2.32. The zero-order valence-electron chi connectivity index (χ0n) is 33.6. The number of phenolic OH excluding ortho intramolecular Hbond substituents is 1. The van der Waals surface area contributed by atoms with Crippen molar-refractivity contribution < 1.29 is 19.4 Å². The van der Waals surface area contributed by atoms with Crippen molar-refractivity contribution in [3.63, 3.8) is 0 Å². The molecule has 5 aromatic rings. The van der Waals surface area contributed by atoms with Crippen LogP contribution in [0.4, 0.5) is 11.5 Å². The van der Waals surface area contributed by atoms with Crippen molar-refractivity contribution in [2.24, 2.45) is 7.05 Å². The van der Waals surface area contributed by atoms with Crippen molar-refractivity contribution in [3.8, 4) is 22.8 Å². The second-order valence-corrected chi connectivity index (χ2v) is 15.7. The Morgan fingerprint density at radius 1 is 0.793 bits per heavy atom. The molecule has 2 aliphatic rings. The van der Waals surface area contributed by atoms with E-state index in [9.17, 15) is 19.5 Å². The van der Waals surface area contributed by atoms with Crippen LogP contribution in [0.15, 0.2) is 77.6 Å². The number of rotatable bonds is 18. The SMILES string of the molecule is Cn1c(=O)n(C2CCC(=O)NC2=O)c2ccc(CCCCCCCCCCCOc3cccc(CN4CCN(c5cc(-c6ccccc6O)nnc5N)CC4)c3)cc21. The minimum absolute atomic E-state index is 0.170. The van der Waals surface area contributed by atoms with Gasteiger partial charge in [0.15, 0.2) is 5.82 Å². The third-order valence-corrected chi connectivity index (χ3v) is 11.6. The maximum atomic E-state index is 13.0. The number of carbonyl (C=O) groups excluding carboxylic acids is 2. The van der Waals surface area contributed by atoms with Crippen molar-refractivity contribution >= 4 is 34.4 Å². The standard InChI is InChI=1S/C45H56N8O5/c1-50-39-29-32(19-20-37(39)53(45(50)57)38-21-22-42(55)47-44(38)56)14-9-7-5-3-2-4-6-8-12-27-58-34-16-13-15-33(28-34)31-51-23-25-52(26-24-51)40-30-36(48-49-43(40)46)35-17-10-11-18-41(35)54/h10-11,13,15-20,28-30,38,54H,2-9,12,14,21-27,31H2,1H3,(H2,46,49)(H,47,55,56). The first-order valence-corrected chi connectivity index (χ1v) is 20.9. The smallest absolute Gasteiger partial charge is 0.329 e. The minimum Gasteiger partial charge on any atom is -0.507 e. The van der Waals surface area contributed by atoms with E-state index < -0.39 is 11.9 Å². The summed E-state index contributed by atoms with van der Waals surface area (Å²) in [5.74, 6) is 0.803. The Hall–Kier alpha value is -5.69. The largest absolute Gasteiger partial charge is 0.507 e. The fourth-order valence-electron chi connectivity index (χ4n) is 8.26. The van der Waals surface area contributed by atoms with E-state index in [2.05, 4.69) is 55.6 Å². The Balaban J connectivity index is 0.744. The highest BCUT2D eigenvalue weighted by molar-refractivity contribution is 6.00. The van der Waals surface area contributed by atoms with E-state index in [0.29, 0.717) is 23.5 Å². The number of hydrogen-bond acceptors (Lipinski definition) is 10. The van der Waals surface area contributed by atoms with Gasteiger partial charge in [0, 0.05) is 51.8 Å². The molecule has 1 unspecified atom stereocenters. The summed E-state index contributed by atoms with van der Waals surface area (Å²) in [6.45, 7) is 5.02. The van der Waals surface area contributed by atoms with E-state index >= 15 is 0 Å². The molecule has 0 aliphatic carbocycles. The summed E-state index contributed by atoms with van der Waals surface area (Å²) < 4.78 is 9.29. The van der Waals surface area contributed by atoms with Crippen LogP contribution in [0.25, 0.3) is 22.3 Å². The van der Waals surface area contributed by atoms with E-state index in [1.807, 2.05) is 30.3 Å². The second-order valence-electron chi connectivity index (χ2n) is 15.7. The molecule has 0 radical (unpaired) electrons. The Bertz CT molecular complexity index is 2260. The molecule has 58 heavy (non-hydrogen) atoms. The van der Waals surface area contributed by atoms with E-state index in [4.69, 9.17) is 10.5 Å². The lowest BCUT2D eigenvalue weighted by Crippen LogP contribution is -2.46. The molecule has 7 rings (SSSR count). The van der Waals surface area contributed by atoms with E-state index in [0.717, 1.165) is 81.1 Å². The number of piperidine rings is 1. The van der Waals surface area contributed by atoms with Crippen LogP contribution >= 0.6 is 0 Å². The van der Waals surface area contributed by atoms with Crippen LogP contribution in [0.3, 0.4) is 0 Å². The summed E-state index contributed by atoms with van der Waals surface area (Å²) in [5.41, 5.74) is 12.1. The first kappa shape index (κ1) is 40.5. The maximum Gasteiger partial charge on any atom is 0.329 e. The number of imide groups is 1. The molecule has 4 heterocycles. The molecule has 13 heteroatoms. The molecule has 0 bridgehead atoms. The van der Waals surface area contributed by atoms with Gasteiger partial charge in [0.25, 0.3) is 0 Å². The number of ether oxygens (including phenoxy) is 1. The van der Waals surface area contributed by atoms with Crippen molar-refractivity contribution in [3.05, 3.63) is 94.4 Å². The number of aryl methyl sites for hydroxylation is 2. The summed E-state index contributed by atoms with van der Waals surface area (Å²) in [4.78, 5) is 41.8. The molecule has 2 aromatic heterocycles. The average Bonchev–Trinajstić information content (AvgIpc) is 3.47. The number of aromatic nitrogens is 4. The quantitative estimate of drug-likeness (QED) is 0.0659. The summed E-state index contributed by atoms with van der Waals surface area (Å²) in [7, 11) is 1.74. The predicted octanol–water partition coefficient (Wildman–Crippen LogP) is 6.52. The molecule has 0 saturated carbocycles. The van der Waals surface area contributed by atoms with E-state index in [1.165, 1.54) is 60.6 Å². The fraction of sp³-hybridized carbons (Fsp3) is 0.444. The van der Waals surface area contributed by atoms with Crippen LogP contribution in [0.5, 0.6) is 11.5 Å². The number of benzene rings is 3. The van der Waals surface area contributed by atoms with Crippen molar-refractivity contribution in [2.45, 2.75) is 89.6 Å². The van der Waals surface area contributed by atoms with Crippen molar-refractivity contribution in [1.82, 2.24) is 29.5 Å². The molecule has 306 valence electrons. The van der Waals surface area contributed by atoms with Gasteiger partial charge in [-0.3, -0.25) is 28.9 Å². The number of nitrogens with one attached hydrogen (secondary N) is 1. The van der Waals surface area contributed by atoms with Gasteiger partial charge in [-0.15, -0.1) is 10.2 Å². The molecule has 13 nitrogen and oxygen atoms in total. The summed E-state index contributed by atoms with van der Waals surface area (Å²) >= 11 is 0. The Morgan fingerprint density at radius 2 is 1.53 bits per heavy atom. The molecule has 2 amide bonds. The van der Waals surface area contributed by atoms with Crippen molar-refractivity contribution in [1.29, 1.82) is 0 Å². The van der Waals surface area contributed by atoms with Crippen LogP contribution in [-0.4, -0.2) is 73.9 Å². The molecule has 3 aromatic carbocycles. The van der Waals surface area contributed by atoms with Gasteiger partial charge in [0.2, 0.25) is 11.8 Å². The third kappa shape index (κ3) is 9.87. The minimum atomic E-state index is -0.657. The topological polar surface area (TPSA) is 161 Å². The lowest BCUT2D eigenvalue weighted by molar-refractivity contribution is -0.135. The number of para-hydroxylation sites is 1. The molecular weight excluding hydrogens is 733 g/mol. The number of nitrogen functional groups attached to an aromatic ring is 1. The zero-order chi connectivity index (χ0) is 40.4. The number of hydrogen-bond donors (Lipinski definition) is 3. The van der Waals surface area contributed by atoms with E-state index in [-0.39, 0.29) is 23.8 Å². The number of anilines is 2. The van der Waals surface area contributed by atoms with Gasteiger partial charge in [-0.1, -0.05) is 75.3 Å². The predicted molar refractivity (Wildman–Crippen MR) is 227 cm³/mol. The van der Waals surface area contributed by atoms with Crippen LogP contribution in [0.2, 0.25) is 0 Å². The number of fused-ring (bicyclic) bond motifs is 1. The monoisotopic (exact) mass is 788 g/mol. The number of phenols is 1. The molecule has 2 aliphatic heterocycles. The van der Waals surface area contributed by atoms with Crippen LogP contribution < -0.4 is 26.4 Å². The number of amides is 2. The molecule has 2 fully saturated rings. The van der Waals surface area contributed by atoms with Crippen LogP contribution in [-0.2, 0) is 29.6 Å². The lowest BCUT2D eigenvalue weighted by atomic mass is 10.0. The molecule has 0 spiro atoms. The number of carbonyl (C=O) groups is 2. The number of nitrogens with two attached hydrogens (primary N) is 1. The van der Waals surface area contributed by atoms with Crippen LogP contribution in [0, 0.1) is 0 Å². The van der Waals surface area contributed by atoms with Gasteiger partial charge >= 0.3 is 5.69 Å². The van der Waals surface area contributed by atoms with Gasteiger partial charge in [-0.2, -0.15) is 0 Å². The number of nitrogens with zero attached hydrogens (tertiary/aromatic N) is 6. The van der Waals surface area contributed by atoms with Crippen LogP contribution in [0.1, 0.15) is 87.8 Å². The summed E-state index contributed by atoms with van der Waals surface area (Å²) in [6.07, 6.45) is 12.2. The number of aromatic hydroxyl groups is 1. The molecule has 1 atom stereocenters. The summed E-state index contributed by atoms with van der Waals surface area (Å²) in [6, 6.07) is 22.9. The first-order valence-electron chi connectivity index (χ1n) is 20.9. The molecule has 4 N–H and O–H groups in total. The highest BCUT2D eigenvalue weighted by Gasteiger charge is 2.31. The van der Waals surface area contributed by atoms with Gasteiger partial charge < -0.3 is 20.5 Å². The first-order chi connectivity index (χ1) is 28.2. The highest BCUT2D eigenvalue weighted by atomic mass is 16.5. The summed E-state index contributed by atoms with van der Waals surface area (Å²) in [5, 5.41) is 21.1.